The highest BCUT2D eigenvalue weighted by molar-refractivity contribution is 6.05. The lowest BCUT2D eigenvalue weighted by atomic mass is 10.1. The highest BCUT2D eigenvalue weighted by Gasteiger charge is 2.28. The summed E-state index contributed by atoms with van der Waals surface area (Å²) >= 11 is 0. The lowest BCUT2D eigenvalue weighted by Crippen LogP contribution is -2.26. The van der Waals surface area contributed by atoms with Crippen LogP contribution in [0.5, 0.6) is 5.75 Å². The van der Waals surface area contributed by atoms with Crippen molar-refractivity contribution in [3.8, 4) is 17.2 Å². The lowest BCUT2D eigenvalue weighted by Gasteiger charge is -2.23. The summed E-state index contributed by atoms with van der Waals surface area (Å²) in [6, 6.07) is 8.10. The van der Waals surface area contributed by atoms with Crippen LogP contribution in [0, 0.1) is 0 Å². The number of aromatic nitrogens is 2. The van der Waals surface area contributed by atoms with Crippen molar-refractivity contribution in [1.82, 2.24) is 9.97 Å². The number of fused-ring (bicyclic) bond motifs is 1. The van der Waals surface area contributed by atoms with Crippen LogP contribution in [0.15, 0.2) is 76.6 Å². The van der Waals surface area contributed by atoms with Crippen LogP contribution < -0.4 is 4.90 Å². The number of aromatic hydroxyl groups is 1. The molecule has 1 aromatic carbocycles. The van der Waals surface area contributed by atoms with E-state index in [1.165, 1.54) is 31.3 Å². The van der Waals surface area contributed by atoms with Crippen LogP contribution in [-0.4, -0.2) is 41.2 Å². The van der Waals surface area contributed by atoms with Crippen molar-refractivity contribution in [2.24, 2.45) is 0 Å². The first-order valence-corrected chi connectivity index (χ1v) is 9.13. The Morgan fingerprint density at radius 3 is 2.61 bits per heavy atom. The number of oxazole rings is 1. The molecule has 1 aliphatic heterocycles. The van der Waals surface area contributed by atoms with Crippen LogP contribution >= 0.6 is 0 Å². The molecule has 0 aliphatic carbocycles. The van der Waals surface area contributed by atoms with Gasteiger partial charge in [-0.05, 0) is 36.4 Å². The molecule has 31 heavy (non-hydrogen) atoms. The SMILES string of the molecule is COC(=O)C1=C(C(=O)OC)N(c2ccc(-c3nc4ncccc4o3)c(O)c2)C=CC=C1. The second-order valence-electron chi connectivity index (χ2n) is 6.36. The first kappa shape index (κ1) is 19.9. The van der Waals surface area contributed by atoms with E-state index in [9.17, 15) is 14.7 Å². The lowest BCUT2D eigenvalue weighted by molar-refractivity contribution is -0.139. The Morgan fingerprint density at radius 1 is 1.10 bits per heavy atom. The molecule has 9 heteroatoms. The molecule has 0 radical (unpaired) electrons. The van der Waals surface area contributed by atoms with Crippen molar-refractivity contribution in [3.05, 3.63) is 72.2 Å². The van der Waals surface area contributed by atoms with E-state index in [1.807, 2.05) is 0 Å². The van der Waals surface area contributed by atoms with Crippen LogP contribution in [0.4, 0.5) is 5.69 Å². The van der Waals surface area contributed by atoms with Crippen molar-refractivity contribution in [1.29, 1.82) is 0 Å². The molecular weight excluding hydrogens is 402 g/mol. The molecule has 0 amide bonds. The Labute approximate surface area is 176 Å². The molecule has 0 saturated heterocycles. The number of esters is 2. The van der Waals surface area contributed by atoms with Gasteiger partial charge in [-0.1, -0.05) is 6.08 Å². The molecule has 3 aromatic rings. The van der Waals surface area contributed by atoms with Crippen molar-refractivity contribution < 1.29 is 28.6 Å². The van der Waals surface area contributed by atoms with E-state index in [0.29, 0.717) is 22.5 Å². The standard InChI is InChI=1S/C22H17N3O6/c1-29-21(27)15-6-3-4-11-25(18(15)22(28)30-2)13-8-9-14(16(26)12-13)20-24-19-17(31-20)7-5-10-23-19/h3-12,26H,1-2H3. The number of phenols is 1. The maximum absolute atomic E-state index is 12.5. The molecule has 1 aliphatic rings. The quantitative estimate of drug-likeness (QED) is 0.637. The number of ether oxygens (including phenoxy) is 2. The molecule has 4 rings (SSSR count). The maximum atomic E-state index is 12.5. The van der Waals surface area contributed by atoms with Gasteiger partial charge in [-0.2, -0.15) is 4.98 Å². The Hall–Kier alpha value is -4.40. The summed E-state index contributed by atoms with van der Waals surface area (Å²) in [4.78, 5) is 34.6. The molecule has 9 nitrogen and oxygen atoms in total. The molecule has 0 fully saturated rings. The van der Waals surface area contributed by atoms with Gasteiger partial charge >= 0.3 is 11.9 Å². The molecule has 0 saturated carbocycles. The first-order valence-electron chi connectivity index (χ1n) is 9.13. The van der Waals surface area contributed by atoms with Gasteiger partial charge in [0, 0.05) is 24.2 Å². The van der Waals surface area contributed by atoms with Crippen molar-refractivity contribution in [2.45, 2.75) is 0 Å². The van der Waals surface area contributed by atoms with E-state index >= 15 is 0 Å². The summed E-state index contributed by atoms with van der Waals surface area (Å²) in [5.74, 6) is -1.39. The van der Waals surface area contributed by atoms with Gasteiger partial charge in [-0.15, -0.1) is 0 Å². The number of phenolic OH excluding ortho intramolecular Hbond substituents is 1. The molecule has 3 heterocycles. The number of anilines is 1. The predicted octanol–water partition coefficient (Wildman–Crippen LogP) is 3.09. The van der Waals surface area contributed by atoms with E-state index < -0.39 is 11.9 Å². The minimum Gasteiger partial charge on any atom is -0.507 e. The molecule has 2 aromatic heterocycles. The van der Waals surface area contributed by atoms with Gasteiger partial charge in [0.15, 0.2) is 11.2 Å². The average Bonchev–Trinajstić information content (AvgIpc) is 3.09. The summed E-state index contributed by atoms with van der Waals surface area (Å²) in [6.07, 6.45) is 7.84. The minimum absolute atomic E-state index is 0.00735. The number of benzene rings is 1. The summed E-state index contributed by atoms with van der Waals surface area (Å²) in [6.45, 7) is 0. The molecule has 156 valence electrons. The molecule has 0 bridgehead atoms. The number of carbonyl (C=O) groups is 2. The van der Waals surface area contributed by atoms with Gasteiger partial charge < -0.3 is 23.9 Å². The van der Waals surface area contributed by atoms with Crippen LogP contribution in [0.25, 0.3) is 22.7 Å². The number of allylic oxidation sites excluding steroid dienone is 2. The largest absolute Gasteiger partial charge is 0.507 e. The summed E-state index contributed by atoms with van der Waals surface area (Å²) in [7, 11) is 2.43. The molecular formula is C22H17N3O6. The monoisotopic (exact) mass is 419 g/mol. The Balaban J connectivity index is 1.80. The van der Waals surface area contributed by atoms with Gasteiger partial charge in [0.2, 0.25) is 5.89 Å². The Kier molecular flexibility index (Phi) is 5.23. The molecule has 0 atom stereocenters. The topological polar surface area (TPSA) is 115 Å². The zero-order valence-electron chi connectivity index (χ0n) is 16.6. The number of carbonyl (C=O) groups excluding carboxylic acids is 2. The van der Waals surface area contributed by atoms with Gasteiger partial charge in [0.1, 0.15) is 11.4 Å². The van der Waals surface area contributed by atoms with Gasteiger partial charge in [0.05, 0.1) is 25.4 Å². The van der Waals surface area contributed by atoms with E-state index in [0.717, 1.165) is 0 Å². The third-order valence-corrected chi connectivity index (χ3v) is 4.54. The van der Waals surface area contributed by atoms with E-state index in [4.69, 9.17) is 13.9 Å². The third-order valence-electron chi connectivity index (χ3n) is 4.54. The number of hydrogen-bond acceptors (Lipinski definition) is 9. The fourth-order valence-electron chi connectivity index (χ4n) is 3.10. The number of hydrogen-bond donors (Lipinski definition) is 1. The van der Waals surface area contributed by atoms with E-state index in [1.54, 1.807) is 48.8 Å². The van der Waals surface area contributed by atoms with Crippen LogP contribution in [0.2, 0.25) is 0 Å². The number of rotatable bonds is 4. The fourth-order valence-corrected chi connectivity index (χ4v) is 3.10. The highest BCUT2D eigenvalue weighted by atomic mass is 16.5. The van der Waals surface area contributed by atoms with Gasteiger partial charge in [-0.3, -0.25) is 0 Å². The average molecular weight is 419 g/mol. The van der Waals surface area contributed by atoms with Crippen LogP contribution in [0.3, 0.4) is 0 Å². The highest BCUT2D eigenvalue weighted by Crippen LogP contribution is 2.35. The van der Waals surface area contributed by atoms with Crippen molar-refractivity contribution in [2.75, 3.05) is 19.1 Å². The predicted molar refractivity (Wildman–Crippen MR) is 111 cm³/mol. The number of nitrogens with zero attached hydrogens (tertiary/aromatic N) is 3. The zero-order valence-corrected chi connectivity index (χ0v) is 16.6. The van der Waals surface area contributed by atoms with Crippen molar-refractivity contribution >= 4 is 28.9 Å². The molecule has 1 N–H and O–H groups in total. The fraction of sp³-hybridized carbons (Fsp3) is 0.0909. The maximum Gasteiger partial charge on any atom is 0.355 e. The summed E-state index contributed by atoms with van der Waals surface area (Å²) < 4.78 is 15.3. The Morgan fingerprint density at radius 2 is 1.90 bits per heavy atom. The van der Waals surface area contributed by atoms with Gasteiger partial charge in [-0.25, -0.2) is 14.6 Å². The first-order chi connectivity index (χ1) is 15.0. The normalized spacial score (nSPS) is 13.4. The smallest absolute Gasteiger partial charge is 0.355 e. The second-order valence-corrected chi connectivity index (χ2v) is 6.36. The van der Waals surface area contributed by atoms with E-state index in [-0.39, 0.29) is 22.9 Å². The van der Waals surface area contributed by atoms with E-state index in [2.05, 4.69) is 9.97 Å². The van der Waals surface area contributed by atoms with Crippen LogP contribution in [0.1, 0.15) is 0 Å². The molecule has 0 unspecified atom stereocenters. The van der Waals surface area contributed by atoms with Crippen molar-refractivity contribution in [3.63, 3.8) is 0 Å². The number of methoxy groups -OCH3 is 2. The summed E-state index contributed by atoms with van der Waals surface area (Å²) in [5, 5.41) is 10.7. The zero-order chi connectivity index (χ0) is 22.0. The Bertz CT molecular complexity index is 1240. The van der Waals surface area contributed by atoms with Crippen LogP contribution in [-0.2, 0) is 19.1 Å². The number of pyridine rings is 1. The minimum atomic E-state index is -0.745. The third kappa shape index (κ3) is 3.64. The second kappa shape index (κ2) is 8.15. The van der Waals surface area contributed by atoms with Gasteiger partial charge in [0.25, 0.3) is 0 Å². The molecule has 0 spiro atoms. The summed E-state index contributed by atoms with van der Waals surface area (Å²) in [5.41, 5.74) is 1.60.